The summed E-state index contributed by atoms with van der Waals surface area (Å²) >= 11 is 0. The molecule has 2 atom stereocenters. The molecular formula is C15H22F2N2. The molecule has 0 bridgehead atoms. The van der Waals surface area contributed by atoms with Crippen molar-refractivity contribution in [3.63, 3.8) is 0 Å². The molecule has 0 saturated carbocycles. The Bertz CT molecular complexity index is 434. The highest BCUT2D eigenvalue weighted by atomic mass is 19.2. The molecule has 0 aromatic heterocycles. The number of likely N-dealkylation sites (tertiary alicyclic amines) is 1. The topological polar surface area (TPSA) is 29.3 Å². The van der Waals surface area contributed by atoms with Gasteiger partial charge in [-0.05, 0) is 42.5 Å². The van der Waals surface area contributed by atoms with E-state index in [-0.39, 0.29) is 6.04 Å². The van der Waals surface area contributed by atoms with Crippen LogP contribution in [0.2, 0.25) is 0 Å². The van der Waals surface area contributed by atoms with Crippen molar-refractivity contribution in [2.45, 2.75) is 26.3 Å². The minimum atomic E-state index is -0.805. The molecule has 0 spiro atoms. The molecule has 2 rings (SSSR count). The molecule has 1 fully saturated rings. The summed E-state index contributed by atoms with van der Waals surface area (Å²) in [5.74, 6) is -0.288. The third-order valence-corrected chi connectivity index (χ3v) is 4.19. The Hall–Kier alpha value is -1.00. The van der Waals surface area contributed by atoms with Crippen molar-refractivity contribution in [3.05, 3.63) is 35.4 Å². The summed E-state index contributed by atoms with van der Waals surface area (Å²) in [6.07, 6.45) is 1.15. The number of nitrogens with two attached hydrogens (primary N) is 1. The van der Waals surface area contributed by atoms with Crippen molar-refractivity contribution in [1.29, 1.82) is 0 Å². The fourth-order valence-corrected chi connectivity index (χ4v) is 2.86. The molecule has 1 aromatic carbocycles. The third kappa shape index (κ3) is 3.12. The lowest BCUT2D eigenvalue weighted by Gasteiger charge is -2.27. The maximum Gasteiger partial charge on any atom is 0.159 e. The predicted molar refractivity (Wildman–Crippen MR) is 72.7 cm³/mol. The molecular weight excluding hydrogens is 246 g/mol. The van der Waals surface area contributed by atoms with Crippen molar-refractivity contribution in [3.8, 4) is 0 Å². The fraction of sp³-hybridized carbons (Fsp3) is 0.600. The van der Waals surface area contributed by atoms with E-state index in [1.54, 1.807) is 6.07 Å². The molecule has 1 aliphatic heterocycles. The van der Waals surface area contributed by atoms with Gasteiger partial charge < -0.3 is 5.73 Å². The Morgan fingerprint density at radius 1 is 1.32 bits per heavy atom. The Morgan fingerprint density at radius 3 is 2.58 bits per heavy atom. The van der Waals surface area contributed by atoms with Gasteiger partial charge in [0.15, 0.2) is 11.6 Å². The van der Waals surface area contributed by atoms with Crippen LogP contribution in [0.25, 0.3) is 0 Å². The number of hydrogen-bond donors (Lipinski definition) is 1. The standard InChI is InChI=1S/C15H22F2N2/c1-10(2)12-5-6-19(9-12)15(8-18)11-3-4-13(16)14(17)7-11/h3-4,7,10,12,15H,5-6,8-9,18H2,1-2H3. The van der Waals surface area contributed by atoms with Gasteiger partial charge in [-0.25, -0.2) is 8.78 Å². The van der Waals surface area contributed by atoms with Gasteiger partial charge in [0, 0.05) is 19.1 Å². The largest absolute Gasteiger partial charge is 0.329 e. The average molecular weight is 268 g/mol. The zero-order valence-corrected chi connectivity index (χ0v) is 11.6. The second-order valence-corrected chi connectivity index (χ2v) is 5.71. The minimum Gasteiger partial charge on any atom is -0.329 e. The monoisotopic (exact) mass is 268 g/mol. The van der Waals surface area contributed by atoms with Crippen LogP contribution >= 0.6 is 0 Å². The van der Waals surface area contributed by atoms with E-state index in [9.17, 15) is 8.78 Å². The maximum absolute atomic E-state index is 13.3. The van der Waals surface area contributed by atoms with E-state index < -0.39 is 11.6 Å². The highest BCUT2D eigenvalue weighted by Crippen LogP contribution is 2.31. The van der Waals surface area contributed by atoms with Gasteiger partial charge in [0.1, 0.15) is 0 Å². The second-order valence-electron chi connectivity index (χ2n) is 5.71. The molecule has 0 radical (unpaired) electrons. The SMILES string of the molecule is CC(C)C1CCN(C(CN)c2ccc(F)c(F)c2)C1. The van der Waals surface area contributed by atoms with Crippen molar-refractivity contribution >= 4 is 0 Å². The van der Waals surface area contributed by atoms with Gasteiger partial charge in [-0.3, -0.25) is 4.90 Å². The first-order valence-electron chi connectivity index (χ1n) is 6.92. The summed E-state index contributed by atoms with van der Waals surface area (Å²) in [7, 11) is 0. The Kier molecular flexibility index (Phi) is 4.53. The first-order valence-corrected chi connectivity index (χ1v) is 6.92. The highest BCUT2D eigenvalue weighted by molar-refractivity contribution is 5.22. The summed E-state index contributed by atoms with van der Waals surface area (Å²) in [6, 6.07) is 4.08. The van der Waals surface area contributed by atoms with Gasteiger partial charge in [-0.2, -0.15) is 0 Å². The van der Waals surface area contributed by atoms with Gasteiger partial charge in [-0.1, -0.05) is 19.9 Å². The quantitative estimate of drug-likeness (QED) is 0.909. The Labute approximate surface area is 113 Å². The lowest BCUT2D eigenvalue weighted by Crippen LogP contribution is -2.32. The lowest BCUT2D eigenvalue weighted by atomic mass is 9.95. The van der Waals surface area contributed by atoms with E-state index in [2.05, 4.69) is 18.7 Å². The van der Waals surface area contributed by atoms with Crippen molar-refractivity contribution in [2.75, 3.05) is 19.6 Å². The Balaban J connectivity index is 2.14. The van der Waals surface area contributed by atoms with Crippen LogP contribution in [0.5, 0.6) is 0 Å². The number of rotatable bonds is 4. The summed E-state index contributed by atoms with van der Waals surface area (Å²) < 4.78 is 26.3. The predicted octanol–water partition coefficient (Wildman–Crippen LogP) is 2.94. The summed E-state index contributed by atoms with van der Waals surface area (Å²) in [5.41, 5.74) is 6.61. The maximum atomic E-state index is 13.3. The minimum absolute atomic E-state index is 0.0150. The molecule has 0 aliphatic carbocycles. The first kappa shape index (κ1) is 14.4. The molecule has 1 heterocycles. The fourth-order valence-electron chi connectivity index (χ4n) is 2.86. The highest BCUT2D eigenvalue weighted by Gasteiger charge is 2.30. The van der Waals surface area contributed by atoms with Crippen molar-refractivity contribution in [2.24, 2.45) is 17.6 Å². The number of halogens is 2. The van der Waals surface area contributed by atoms with Gasteiger partial charge in [0.05, 0.1) is 0 Å². The molecule has 2 N–H and O–H groups in total. The summed E-state index contributed by atoms with van der Waals surface area (Å²) in [4.78, 5) is 2.29. The lowest BCUT2D eigenvalue weighted by molar-refractivity contribution is 0.231. The number of benzene rings is 1. The van der Waals surface area contributed by atoms with Gasteiger partial charge in [0.2, 0.25) is 0 Å². The van der Waals surface area contributed by atoms with Gasteiger partial charge in [0.25, 0.3) is 0 Å². The third-order valence-electron chi connectivity index (χ3n) is 4.19. The molecule has 1 aromatic rings. The first-order chi connectivity index (χ1) is 9.02. The van der Waals surface area contributed by atoms with E-state index in [0.29, 0.717) is 18.4 Å². The number of hydrogen-bond acceptors (Lipinski definition) is 2. The van der Waals surface area contributed by atoms with Crippen LogP contribution in [0.4, 0.5) is 8.78 Å². The molecule has 2 nitrogen and oxygen atoms in total. The van der Waals surface area contributed by atoms with E-state index >= 15 is 0 Å². The molecule has 0 amide bonds. The van der Waals surface area contributed by atoms with E-state index in [4.69, 9.17) is 5.73 Å². The van der Waals surface area contributed by atoms with E-state index in [0.717, 1.165) is 25.1 Å². The summed E-state index contributed by atoms with van der Waals surface area (Å²) in [6.45, 7) is 6.84. The van der Waals surface area contributed by atoms with Crippen LogP contribution in [0.15, 0.2) is 18.2 Å². The Morgan fingerprint density at radius 2 is 2.05 bits per heavy atom. The van der Waals surface area contributed by atoms with Crippen LogP contribution in [0.3, 0.4) is 0 Å². The van der Waals surface area contributed by atoms with Crippen molar-refractivity contribution in [1.82, 2.24) is 4.90 Å². The van der Waals surface area contributed by atoms with Crippen molar-refractivity contribution < 1.29 is 8.78 Å². The smallest absolute Gasteiger partial charge is 0.159 e. The zero-order valence-electron chi connectivity index (χ0n) is 11.6. The zero-order chi connectivity index (χ0) is 14.0. The van der Waals surface area contributed by atoms with Crippen LogP contribution in [-0.4, -0.2) is 24.5 Å². The second kappa shape index (κ2) is 5.97. The molecule has 106 valence electrons. The normalized spacial score (nSPS) is 22.1. The molecule has 1 saturated heterocycles. The van der Waals surface area contributed by atoms with Gasteiger partial charge >= 0.3 is 0 Å². The van der Waals surface area contributed by atoms with E-state index in [1.165, 1.54) is 12.1 Å². The average Bonchev–Trinajstić information content (AvgIpc) is 2.84. The van der Waals surface area contributed by atoms with Crippen LogP contribution in [-0.2, 0) is 0 Å². The van der Waals surface area contributed by atoms with Crippen LogP contribution in [0, 0.1) is 23.5 Å². The van der Waals surface area contributed by atoms with Crippen LogP contribution in [0.1, 0.15) is 31.9 Å². The summed E-state index contributed by atoms with van der Waals surface area (Å²) in [5, 5.41) is 0. The van der Waals surface area contributed by atoms with E-state index in [1.807, 2.05) is 0 Å². The van der Waals surface area contributed by atoms with Crippen LogP contribution < -0.4 is 5.73 Å². The van der Waals surface area contributed by atoms with Gasteiger partial charge in [-0.15, -0.1) is 0 Å². The molecule has 19 heavy (non-hydrogen) atoms. The molecule has 4 heteroatoms. The molecule has 1 aliphatic rings. The molecule has 2 unspecified atom stereocenters. The number of nitrogens with zero attached hydrogens (tertiary/aromatic N) is 1.